The van der Waals surface area contributed by atoms with Crippen LogP contribution in [0.2, 0.25) is 0 Å². The van der Waals surface area contributed by atoms with E-state index in [-0.39, 0.29) is 17.9 Å². The van der Waals surface area contributed by atoms with E-state index < -0.39 is 0 Å². The fraction of sp³-hybridized carbons (Fsp3) is 0.609. The van der Waals surface area contributed by atoms with E-state index >= 15 is 0 Å². The quantitative estimate of drug-likeness (QED) is 0.643. The van der Waals surface area contributed by atoms with Crippen LogP contribution in [0.25, 0.3) is 11.0 Å². The van der Waals surface area contributed by atoms with Gasteiger partial charge in [-0.3, -0.25) is 9.59 Å². The Hall–Kier alpha value is -2.41. The van der Waals surface area contributed by atoms with Crippen LogP contribution in [0.15, 0.2) is 24.3 Å². The Morgan fingerprint density at radius 3 is 2.73 bits per heavy atom. The van der Waals surface area contributed by atoms with E-state index in [9.17, 15) is 9.59 Å². The second-order valence-electron chi connectivity index (χ2n) is 8.29. The van der Waals surface area contributed by atoms with Crippen LogP contribution in [0.1, 0.15) is 50.8 Å². The largest absolute Gasteiger partial charge is 0.368 e. The Balaban J connectivity index is 1.28. The predicted molar refractivity (Wildman–Crippen MR) is 115 cm³/mol. The Morgan fingerprint density at radius 1 is 1.10 bits per heavy atom. The molecule has 0 aliphatic carbocycles. The van der Waals surface area contributed by atoms with Gasteiger partial charge in [0, 0.05) is 32.7 Å². The highest BCUT2D eigenvalue weighted by atomic mass is 16.5. The minimum Gasteiger partial charge on any atom is -0.368 e. The maximum Gasteiger partial charge on any atom is 0.249 e. The molecule has 2 amide bonds. The third kappa shape index (κ3) is 5.01. The minimum atomic E-state index is -0.252. The predicted octanol–water partition coefficient (Wildman–Crippen LogP) is 2.67. The molecule has 4 rings (SSSR count). The van der Waals surface area contributed by atoms with Crippen molar-refractivity contribution in [2.24, 2.45) is 0 Å². The summed E-state index contributed by atoms with van der Waals surface area (Å²) in [5.74, 6) is 1.19. The van der Waals surface area contributed by atoms with E-state index in [1.165, 1.54) is 0 Å². The van der Waals surface area contributed by atoms with Gasteiger partial charge in [0.25, 0.3) is 0 Å². The maximum atomic E-state index is 12.7. The van der Waals surface area contributed by atoms with Gasteiger partial charge in [0.05, 0.1) is 11.0 Å². The highest BCUT2D eigenvalue weighted by molar-refractivity contribution is 5.81. The highest BCUT2D eigenvalue weighted by Crippen LogP contribution is 2.19. The Labute approximate surface area is 177 Å². The Kier molecular flexibility index (Phi) is 7.00. The zero-order valence-corrected chi connectivity index (χ0v) is 17.6. The van der Waals surface area contributed by atoms with Crippen LogP contribution in [-0.2, 0) is 27.3 Å². The number of hydrogen-bond acceptors (Lipinski definition) is 4. The standard InChI is InChI=1S/C23H32N4O3/c28-22(26-14-6-7-15-26)17-27-19-10-4-3-9-18(19)25-21(27)12-2-1-5-13-24-23(29)20-11-8-16-30-20/h3-4,9-10,20H,1-2,5-8,11-17H2,(H,24,29). The second kappa shape index (κ2) is 10.1. The summed E-state index contributed by atoms with van der Waals surface area (Å²) in [6, 6.07) is 8.05. The lowest BCUT2D eigenvalue weighted by molar-refractivity contribution is -0.131. The molecule has 162 valence electrons. The molecule has 1 aromatic heterocycles. The number of aromatic nitrogens is 2. The number of nitrogens with one attached hydrogen (secondary N) is 1. The number of aryl methyl sites for hydroxylation is 1. The summed E-state index contributed by atoms with van der Waals surface area (Å²) in [5.41, 5.74) is 1.98. The lowest BCUT2D eigenvalue weighted by Crippen LogP contribution is -2.34. The van der Waals surface area contributed by atoms with Crippen molar-refractivity contribution in [3.05, 3.63) is 30.1 Å². The average molecular weight is 413 g/mol. The molecule has 1 unspecified atom stereocenters. The highest BCUT2D eigenvalue weighted by Gasteiger charge is 2.23. The van der Waals surface area contributed by atoms with Crippen molar-refractivity contribution >= 4 is 22.8 Å². The molecule has 1 N–H and O–H groups in total. The molecular weight excluding hydrogens is 380 g/mol. The fourth-order valence-electron chi connectivity index (χ4n) is 4.39. The molecule has 0 bridgehead atoms. The summed E-state index contributed by atoms with van der Waals surface area (Å²) in [6.07, 6.45) is 7.52. The first kappa shape index (κ1) is 20.8. The van der Waals surface area contributed by atoms with Crippen LogP contribution in [0.4, 0.5) is 0 Å². The normalized spacial score (nSPS) is 18.9. The molecule has 7 nitrogen and oxygen atoms in total. The number of carbonyl (C=O) groups is 2. The first-order chi connectivity index (χ1) is 14.7. The molecule has 1 atom stereocenters. The summed E-state index contributed by atoms with van der Waals surface area (Å²) >= 11 is 0. The van der Waals surface area contributed by atoms with Gasteiger partial charge in [-0.15, -0.1) is 0 Å². The number of nitrogens with zero attached hydrogens (tertiary/aromatic N) is 3. The van der Waals surface area contributed by atoms with Gasteiger partial charge in [-0.25, -0.2) is 4.98 Å². The number of para-hydroxylation sites is 2. The molecule has 2 fully saturated rings. The van der Waals surface area contributed by atoms with Crippen molar-refractivity contribution in [2.75, 3.05) is 26.2 Å². The van der Waals surface area contributed by atoms with Crippen molar-refractivity contribution in [1.82, 2.24) is 19.8 Å². The first-order valence-electron chi connectivity index (χ1n) is 11.3. The van der Waals surface area contributed by atoms with Crippen molar-refractivity contribution in [2.45, 2.75) is 64.0 Å². The molecule has 2 saturated heterocycles. The SMILES string of the molecule is O=C(NCCCCCc1nc2ccccc2n1CC(=O)N1CCCC1)C1CCCO1. The van der Waals surface area contributed by atoms with E-state index in [4.69, 9.17) is 9.72 Å². The molecule has 2 aliphatic heterocycles. The second-order valence-corrected chi connectivity index (χ2v) is 8.29. The van der Waals surface area contributed by atoms with Crippen molar-refractivity contribution in [3.63, 3.8) is 0 Å². The number of fused-ring (bicyclic) bond motifs is 1. The van der Waals surface area contributed by atoms with Gasteiger partial charge in [-0.1, -0.05) is 18.6 Å². The molecule has 30 heavy (non-hydrogen) atoms. The van der Waals surface area contributed by atoms with Crippen LogP contribution in [0, 0.1) is 0 Å². The molecular formula is C23H32N4O3. The topological polar surface area (TPSA) is 76.5 Å². The first-order valence-corrected chi connectivity index (χ1v) is 11.3. The smallest absolute Gasteiger partial charge is 0.249 e. The van der Waals surface area contributed by atoms with Gasteiger partial charge in [0.2, 0.25) is 11.8 Å². The van der Waals surface area contributed by atoms with E-state index in [0.29, 0.717) is 19.7 Å². The van der Waals surface area contributed by atoms with Crippen LogP contribution < -0.4 is 5.32 Å². The molecule has 1 aromatic carbocycles. The molecule has 0 spiro atoms. The number of imidazole rings is 1. The summed E-state index contributed by atoms with van der Waals surface area (Å²) < 4.78 is 7.50. The summed E-state index contributed by atoms with van der Waals surface area (Å²) in [5, 5.41) is 2.98. The number of unbranched alkanes of at least 4 members (excludes halogenated alkanes) is 2. The monoisotopic (exact) mass is 412 g/mol. The average Bonchev–Trinajstić information content (AvgIpc) is 3.52. The number of benzene rings is 1. The van der Waals surface area contributed by atoms with Gasteiger partial charge in [0.1, 0.15) is 18.5 Å². The number of rotatable bonds is 9. The van der Waals surface area contributed by atoms with Gasteiger partial charge < -0.3 is 19.5 Å². The Morgan fingerprint density at radius 2 is 1.93 bits per heavy atom. The van der Waals surface area contributed by atoms with Crippen LogP contribution in [-0.4, -0.2) is 58.6 Å². The lowest BCUT2D eigenvalue weighted by atomic mass is 10.1. The number of likely N-dealkylation sites (tertiary alicyclic amines) is 1. The number of amides is 2. The van der Waals surface area contributed by atoms with Crippen molar-refractivity contribution < 1.29 is 14.3 Å². The number of carbonyl (C=O) groups excluding carboxylic acids is 2. The molecule has 2 aliphatic rings. The Bertz CT molecular complexity index is 866. The molecule has 2 aromatic rings. The van der Waals surface area contributed by atoms with Crippen molar-refractivity contribution in [3.8, 4) is 0 Å². The molecule has 7 heteroatoms. The molecule has 0 saturated carbocycles. The van der Waals surface area contributed by atoms with Gasteiger partial charge in [-0.05, 0) is 50.7 Å². The lowest BCUT2D eigenvalue weighted by Gasteiger charge is -2.17. The summed E-state index contributed by atoms with van der Waals surface area (Å²) in [4.78, 5) is 31.5. The number of hydrogen-bond donors (Lipinski definition) is 1. The summed E-state index contributed by atoms with van der Waals surface area (Å²) in [6.45, 7) is 3.49. The minimum absolute atomic E-state index is 0.0229. The third-order valence-corrected chi connectivity index (χ3v) is 6.08. The van der Waals surface area contributed by atoms with E-state index in [2.05, 4.69) is 9.88 Å². The zero-order valence-electron chi connectivity index (χ0n) is 17.6. The van der Waals surface area contributed by atoms with Crippen molar-refractivity contribution in [1.29, 1.82) is 0 Å². The molecule has 3 heterocycles. The van der Waals surface area contributed by atoms with Gasteiger partial charge in [0.15, 0.2) is 0 Å². The maximum absolute atomic E-state index is 12.7. The van der Waals surface area contributed by atoms with Gasteiger partial charge in [-0.2, -0.15) is 0 Å². The van der Waals surface area contributed by atoms with Gasteiger partial charge >= 0.3 is 0 Å². The molecule has 0 radical (unpaired) electrons. The fourth-order valence-corrected chi connectivity index (χ4v) is 4.39. The van der Waals surface area contributed by atoms with Crippen LogP contribution in [0.5, 0.6) is 0 Å². The summed E-state index contributed by atoms with van der Waals surface area (Å²) in [7, 11) is 0. The number of ether oxygens (including phenoxy) is 1. The van der Waals surface area contributed by atoms with E-state index in [1.54, 1.807) is 0 Å². The van der Waals surface area contributed by atoms with Crippen LogP contribution >= 0.6 is 0 Å². The zero-order chi connectivity index (χ0) is 20.8. The third-order valence-electron chi connectivity index (χ3n) is 6.08. The van der Waals surface area contributed by atoms with Crippen LogP contribution in [0.3, 0.4) is 0 Å². The van der Waals surface area contributed by atoms with E-state index in [1.807, 2.05) is 29.2 Å². The van der Waals surface area contributed by atoms with E-state index in [0.717, 1.165) is 81.3 Å².